The van der Waals surface area contributed by atoms with Crippen molar-refractivity contribution >= 4 is 0 Å². The topological polar surface area (TPSA) is 41.5 Å². The van der Waals surface area contributed by atoms with E-state index in [1.165, 1.54) is 26.2 Å². The zero-order chi connectivity index (χ0) is 11.5. The van der Waals surface area contributed by atoms with E-state index in [-0.39, 0.29) is 12.3 Å². The number of likely N-dealkylation sites (N-methyl/N-ethyl adjacent to an activating group) is 1. The van der Waals surface area contributed by atoms with Crippen molar-refractivity contribution < 1.29 is 14.2 Å². The molecule has 84 valence electrons. The number of methoxy groups -OCH3 is 1. The number of phenols is 1. The summed E-state index contributed by atoms with van der Waals surface area (Å²) in [5.41, 5.74) is -1.22. The van der Waals surface area contributed by atoms with Gasteiger partial charge in [-0.2, -0.15) is 0 Å². The second-order valence-electron chi connectivity index (χ2n) is 3.61. The molecule has 1 aromatic carbocycles. The lowest BCUT2D eigenvalue weighted by Crippen LogP contribution is -2.29. The van der Waals surface area contributed by atoms with Crippen molar-refractivity contribution in [3.8, 4) is 11.5 Å². The minimum atomic E-state index is -1.57. The molecule has 0 heterocycles. The van der Waals surface area contributed by atoms with Gasteiger partial charge in [0.1, 0.15) is 17.2 Å². The highest BCUT2D eigenvalue weighted by Gasteiger charge is 2.28. The molecule has 0 aliphatic heterocycles. The van der Waals surface area contributed by atoms with Crippen molar-refractivity contribution in [3.63, 3.8) is 0 Å². The molecule has 3 nitrogen and oxygen atoms in total. The summed E-state index contributed by atoms with van der Waals surface area (Å²) in [7, 11) is 3.15. The highest BCUT2D eigenvalue weighted by Crippen LogP contribution is 2.35. The molecule has 0 saturated carbocycles. The Bertz CT molecular complexity index is 339. The van der Waals surface area contributed by atoms with Gasteiger partial charge in [-0.25, -0.2) is 4.39 Å². The second-order valence-corrected chi connectivity index (χ2v) is 3.61. The molecule has 4 heteroatoms. The average molecular weight is 213 g/mol. The van der Waals surface area contributed by atoms with Gasteiger partial charge in [-0.1, -0.05) is 0 Å². The van der Waals surface area contributed by atoms with E-state index < -0.39 is 5.67 Å². The van der Waals surface area contributed by atoms with Crippen LogP contribution in [0.25, 0.3) is 0 Å². The molecule has 1 unspecified atom stereocenters. The maximum atomic E-state index is 14.2. The lowest BCUT2D eigenvalue weighted by Gasteiger charge is -2.22. The van der Waals surface area contributed by atoms with Crippen molar-refractivity contribution in [1.29, 1.82) is 0 Å². The van der Waals surface area contributed by atoms with Crippen LogP contribution < -0.4 is 10.1 Å². The number of aromatic hydroxyl groups is 1. The third-order valence-corrected chi connectivity index (χ3v) is 2.25. The van der Waals surface area contributed by atoms with Crippen LogP contribution in [0.5, 0.6) is 11.5 Å². The Hall–Kier alpha value is -1.29. The Morgan fingerprint density at radius 1 is 1.53 bits per heavy atom. The summed E-state index contributed by atoms with van der Waals surface area (Å²) in [6.07, 6.45) is 0. The third kappa shape index (κ3) is 2.59. The van der Waals surface area contributed by atoms with Crippen molar-refractivity contribution in [2.75, 3.05) is 20.7 Å². The van der Waals surface area contributed by atoms with Gasteiger partial charge in [0.2, 0.25) is 0 Å². The van der Waals surface area contributed by atoms with Crippen LogP contribution in [0.4, 0.5) is 4.39 Å². The average Bonchev–Trinajstić information content (AvgIpc) is 2.17. The molecule has 2 N–H and O–H groups in total. The fourth-order valence-electron chi connectivity index (χ4n) is 1.53. The molecule has 1 rings (SSSR count). The van der Waals surface area contributed by atoms with E-state index in [0.29, 0.717) is 11.3 Å². The van der Waals surface area contributed by atoms with Crippen LogP contribution in [-0.2, 0) is 5.67 Å². The number of benzene rings is 1. The van der Waals surface area contributed by atoms with Crippen molar-refractivity contribution in [2.45, 2.75) is 12.6 Å². The summed E-state index contributed by atoms with van der Waals surface area (Å²) in [5.74, 6) is 0.471. The first-order valence-electron chi connectivity index (χ1n) is 4.72. The SMILES string of the molecule is CNCC(C)(F)c1cc(O)ccc1OC. The van der Waals surface area contributed by atoms with Gasteiger partial charge in [0.25, 0.3) is 0 Å². The molecule has 1 aromatic rings. The number of rotatable bonds is 4. The van der Waals surface area contributed by atoms with Crippen LogP contribution in [-0.4, -0.2) is 25.8 Å². The van der Waals surface area contributed by atoms with Crippen LogP contribution >= 0.6 is 0 Å². The molecule has 15 heavy (non-hydrogen) atoms. The second kappa shape index (κ2) is 4.49. The predicted molar refractivity (Wildman–Crippen MR) is 57.0 cm³/mol. The van der Waals surface area contributed by atoms with Crippen LogP contribution in [0.3, 0.4) is 0 Å². The molecular weight excluding hydrogens is 197 g/mol. The molecule has 0 spiro atoms. The molecule has 0 aromatic heterocycles. The number of phenolic OH excluding ortho intramolecular Hbond substituents is 1. The summed E-state index contributed by atoms with van der Waals surface area (Å²) in [6.45, 7) is 1.60. The van der Waals surface area contributed by atoms with Gasteiger partial charge in [0.05, 0.1) is 7.11 Å². The first-order chi connectivity index (χ1) is 7.01. The first-order valence-corrected chi connectivity index (χ1v) is 4.72. The third-order valence-electron chi connectivity index (χ3n) is 2.25. The van der Waals surface area contributed by atoms with Gasteiger partial charge in [-0.3, -0.25) is 0 Å². The molecule has 1 atom stereocenters. The van der Waals surface area contributed by atoms with E-state index in [1.807, 2.05) is 0 Å². The molecule has 0 aliphatic rings. The van der Waals surface area contributed by atoms with Gasteiger partial charge < -0.3 is 15.2 Å². The minimum Gasteiger partial charge on any atom is -0.508 e. The molecule has 0 radical (unpaired) electrons. The van der Waals surface area contributed by atoms with Crippen LogP contribution in [0, 0.1) is 0 Å². The highest BCUT2D eigenvalue weighted by atomic mass is 19.1. The number of nitrogens with one attached hydrogen (secondary N) is 1. The fraction of sp³-hybridized carbons (Fsp3) is 0.455. The summed E-state index contributed by atoms with van der Waals surface area (Å²) >= 11 is 0. The molecule has 0 saturated heterocycles. The van der Waals surface area contributed by atoms with E-state index >= 15 is 0 Å². The summed E-state index contributed by atoms with van der Waals surface area (Å²) < 4.78 is 19.3. The van der Waals surface area contributed by atoms with Gasteiger partial charge in [-0.15, -0.1) is 0 Å². The number of halogens is 1. The Morgan fingerprint density at radius 3 is 2.73 bits per heavy atom. The van der Waals surface area contributed by atoms with E-state index in [2.05, 4.69) is 5.32 Å². The number of ether oxygens (including phenoxy) is 1. The van der Waals surface area contributed by atoms with E-state index in [4.69, 9.17) is 4.74 Å². The Labute approximate surface area is 88.9 Å². The first kappa shape index (κ1) is 11.8. The van der Waals surface area contributed by atoms with Gasteiger partial charge in [-0.05, 0) is 32.2 Å². The Balaban J connectivity index is 3.15. The van der Waals surface area contributed by atoms with E-state index in [1.54, 1.807) is 13.1 Å². The number of hydrogen-bond donors (Lipinski definition) is 2. The zero-order valence-corrected chi connectivity index (χ0v) is 9.17. The van der Waals surface area contributed by atoms with Gasteiger partial charge in [0.15, 0.2) is 0 Å². The zero-order valence-electron chi connectivity index (χ0n) is 9.17. The molecule has 0 bridgehead atoms. The van der Waals surface area contributed by atoms with Crippen LogP contribution in [0.15, 0.2) is 18.2 Å². The maximum absolute atomic E-state index is 14.2. The maximum Gasteiger partial charge on any atom is 0.149 e. The van der Waals surface area contributed by atoms with Crippen LogP contribution in [0.2, 0.25) is 0 Å². The molecular formula is C11H16FNO2. The van der Waals surface area contributed by atoms with E-state index in [9.17, 15) is 9.50 Å². The van der Waals surface area contributed by atoms with E-state index in [0.717, 1.165) is 0 Å². The normalized spacial score (nSPS) is 14.7. The van der Waals surface area contributed by atoms with Crippen molar-refractivity contribution in [2.24, 2.45) is 0 Å². The monoisotopic (exact) mass is 213 g/mol. The Kier molecular flexibility index (Phi) is 3.52. The largest absolute Gasteiger partial charge is 0.508 e. The van der Waals surface area contributed by atoms with Gasteiger partial charge in [0, 0.05) is 12.1 Å². The van der Waals surface area contributed by atoms with Crippen molar-refractivity contribution in [1.82, 2.24) is 5.32 Å². The quantitative estimate of drug-likeness (QED) is 0.801. The molecule has 0 amide bonds. The standard InChI is InChI=1S/C11H16FNO2/c1-11(12,7-13-2)9-6-8(14)4-5-10(9)15-3/h4-6,13-14H,7H2,1-3H3. The van der Waals surface area contributed by atoms with Gasteiger partial charge >= 0.3 is 0 Å². The fourth-order valence-corrected chi connectivity index (χ4v) is 1.53. The lowest BCUT2D eigenvalue weighted by atomic mass is 9.96. The number of alkyl halides is 1. The smallest absolute Gasteiger partial charge is 0.149 e. The number of hydrogen-bond acceptors (Lipinski definition) is 3. The minimum absolute atomic E-state index is 0.0331. The van der Waals surface area contributed by atoms with Crippen molar-refractivity contribution in [3.05, 3.63) is 23.8 Å². The van der Waals surface area contributed by atoms with Crippen LogP contribution in [0.1, 0.15) is 12.5 Å². The molecule has 0 aliphatic carbocycles. The lowest BCUT2D eigenvalue weighted by molar-refractivity contribution is 0.184. The Morgan fingerprint density at radius 2 is 2.20 bits per heavy atom. The summed E-state index contributed by atoms with van der Waals surface area (Å²) in [4.78, 5) is 0. The summed E-state index contributed by atoms with van der Waals surface area (Å²) in [6, 6.07) is 4.41. The summed E-state index contributed by atoms with van der Waals surface area (Å²) in [5, 5.41) is 12.1. The molecule has 0 fully saturated rings. The predicted octanol–water partition coefficient (Wildman–Crippen LogP) is 1.80. The highest BCUT2D eigenvalue weighted by molar-refractivity contribution is 5.43.